The van der Waals surface area contributed by atoms with Crippen LogP contribution in [0.15, 0.2) is 36.2 Å². The fourth-order valence-electron chi connectivity index (χ4n) is 5.21. The predicted octanol–water partition coefficient (Wildman–Crippen LogP) is 3.54. The van der Waals surface area contributed by atoms with Gasteiger partial charge in [-0.3, -0.25) is 9.59 Å². The van der Waals surface area contributed by atoms with Gasteiger partial charge in [-0.1, -0.05) is 17.7 Å². The van der Waals surface area contributed by atoms with Gasteiger partial charge in [-0.25, -0.2) is 13.8 Å². The first-order valence-electron chi connectivity index (χ1n) is 13.2. The Bertz CT molecular complexity index is 1470. The van der Waals surface area contributed by atoms with E-state index < -0.39 is 23.2 Å². The van der Waals surface area contributed by atoms with Gasteiger partial charge in [0.15, 0.2) is 5.82 Å². The van der Waals surface area contributed by atoms with Gasteiger partial charge < -0.3 is 25.1 Å². The molecular weight excluding hydrogens is 542 g/mol. The summed E-state index contributed by atoms with van der Waals surface area (Å²) < 4.78 is 31.3. The molecule has 5 rings (SSSR count). The van der Waals surface area contributed by atoms with E-state index in [1.807, 2.05) is 4.90 Å². The van der Waals surface area contributed by atoms with Crippen molar-refractivity contribution >= 4 is 51.7 Å². The maximum atomic E-state index is 16.3. The SMILES string of the molecule is C/C=C/C(=O)N1CCN(c2nc(NCCC(=O)N(C)C)nc3c(F)c(C4=C(F)C=C[C@]5(O)C[C@H]45)c(Cl)cc23)CC1. The Morgan fingerprint density at radius 2 is 1.98 bits per heavy atom. The third-order valence-corrected chi connectivity index (χ3v) is 7.85. The average molecular weight is 573 g/mol. The molecule has 0 radical (unpaired) electrons. The second kappa shape index (κ2) is 10.8. The van der Waals surface area contributed by atoms with Crippen LogP contribution in [-0.4, -0.2) is 89.1 Å². The molecule has 2 aromatic rings. The molecule has 0 bridgehead atoms. The van der Waals surface area contributed by atoms with Crippen molar-refractivity contribution < 1.29 is 23.5 Å². The van der Waals surface area contributed by atoms with Crippen molar-refractivity contribution in [1.29, 1.82) is 0 Å². The largest absolute Gasteiger partial charge is 0.385 e. The molecule has 0 spiro atoms. The van der Waals surface area contributed by atoms with Crippen LogP contribution in [-0.2, 0) is 9.59 Å². The number of nitrogens with zero attached hydrogens (tertiary/aromatic N) is 5. The molecule has 9 nitrogen and oxygen atoms in total. The highest BCUT2D eigenvalue weighted by molar-refractivity contribution is 6.33. The van der Waals surface area contributed by atoms with Crippen molar-refractivity contribution in [3.63, 3.8) is 0 Å². The number of aromatic nitrogens is 2. The molecule has 2 aliphatic carbocycles. The Morgan fingerprint density at radius 3 is 2.65 bits per heavy atom. The maximum Gasteiger partial charge on any atom is 0.246 e. The van der Waals surface area contributed by atoms with Gasteiger partial charge in [0, 0.05) is 75.7 Å². The summed E-state index contributed by atoms with van der Waals surface area (Å²) >= 11 is 6.60. The molecule has 3 aliphatic rings. The number of fused-ring (bicyclic) bond motifs is 2. The number of allylic oxidation sites excluding steroid dienone is 3. The van der Waals surface area contributed by atoms with Crippen LogP contribution in [0.5, 0.6) is 0 Å². The first-order chi connectivity index (χ1) is 19.0. The van der Waals surface area contributed by atoms with Crippen LogP contribution in [0.3, 0.4) is 0 Å². The molecule has 2 fully saturated rings. The molecule has 2 atom stereocenters. The number of aliphatic hydroxyl groups is 1. The Kier molecular flexibility index (Phi) is 7.54. The fourth-order valence-corrected chi connectivity index (χ4v) is 5.50. The van der Waals surface area contributed by atoms with Crippen molar-refractivity contribution in [3.05, 3.63) is 52.6 Å². The smallest absolute Gasteiger partial charge is 0.246 e. The fraction of sp³-hybridized carbons (Fsp3) is 0.429. The zero-order chi connectivity index (χ0) is 28.8. The van der Waals surface area contributed by atoms with Gasteiger partial charge in [0.2, 0.25) is 17.8 Å². The third kappa shape index (κ3) is 5.15. The highest BCUT2D eigenvalue weighted by Gasteiger charge is 2.56. The van der Waals surface area contributed by atoms with E-state index in [0.29, 0.717) is 37.4 Å². The second-order valence-corrected chi connectivity index (χ2v) is 10.8. The summed E-state index contributed by atoms with van der Waals surface area (Å²) in [6, 6.07) is 1.53. The number of amides is 2. The molecule has 40 heavy (non-hydrogen) atoms. The first kappa shape index (κ1) is 28.0. The van der Waals surface area contributed by atoms with Crippen LogP contribution in [0, 0.1) is 11.7 Å². The molecule has 0 unspecified atom stereocenters. The maximum absolute atomic E-state index is 16.3. The molecule has 1 aliphatic heterocycles. The molecule has 1 aromatic heterocycles. The number of halogens is 3. The van der Waals surface area contributed by atoms with E-state index in [1.54, 1.807) is 32.0 Å². The Balaban J connectivity index is 1.55. The molecule has 1 aromatic carbocycles. The van der Waals surface area contributed by atoms with E-state index in [9.17, 15) is 19.1 Å². The number of rotatable bonds is 7. The molecule has 212 valence electrons. The number of benzene rings is 1. The zero-order valence-corrected chi connectivity index (χ0v) is 23.3. The van der Waals surface area contributed by atoms with E-state index >= 15 is 4.39 Å². The van der Waals surface area contributed by atoms with Gasteiger partial charge in [-0.2, -0.15) is 4.98 Å². The van der Waals surface area contributed by atoms with Crippen molar-refractivity contribution in [3.8, 4) is 0 Å². The molecule has 12 heteroatoms. The lowest BCUT2D eigenvalue weighted by atomic mass is 9.93. The van der Waals surface area contributed by atoms with E-state index in [1.165, 1.54) is 23.1 Å². The quantitative estimate of drug-likeness (QED) is 0.489. The standard InChI is InChI=1S/C28H31ClF2N6O3/c1-4-5-21(39)36-10-12-37(13-11-36)26-16-14-18(29)23(22-17-15-28(17,40)8-6-19(22)30)24(31)25(16)33-27(34-26)32-9-7-20(38)35(2)3/h4-6,8,14,17,40H,7,9-13,15H2,1-3H3,(H,32,33,34)/b5-4+/t17-,28+/m1/s1. The Morgan fingerprint density at radius 1 is 1.25 bits per heavy atom. The van der Waals surface area contributed by atoms with Gasteiger partial charge in [-0.05, 0) is 37.6 Å². The van der Waals surface area contributed by atoms with E-state index in [2.05, 4.69) is 15.3 Å². The van der Waals surface area contributed by atoms with Crippen LogP contribution in [0.4, 0.5) is 20.5 Å². The minimum absolute atomic E-state index is 0.0104. The normalized spacial score (nSPS) is 22.2. The van der Waals surface area contributed by atoms with Gasteiger partial charge >= 0.3 is 0 Å². The van der Waals surface area contributed by atoms with Gasteiger partial charge in [-0.15, -0.1) is 0 Å². The number of hydrogen-bond donors (Lipinski definition) is 2. The first-order valence-corrected chi connectivity index (χ1v) is 13.5. The van der Waals surface area contributed by atoms with Gasteiger partial charge in [0.05, 0.1) is 10.6 Å². The van der Waals surface area contributed by atoms with E-state index in [-0.39, 0.29) is 58.8 Å². The topological polar surface area (TPSA) is 102 Å². The number of carbonyl (C=O) groups excluding carboxylic acids is 2. The lowest BCUT2D eigenvalue weighted by molar-refractivity contribution is -0.128. The average Bonchev–Trinajstić information content (AvgIpc) is 3.61. The monoisotopic (exact) mass is 572 g/mol. The highest BCUT2D eigenvalue weighted by Crippen LogP contribution is 2.58. The summed E-state index contributed by atoms with van der Waals surface area (Å²) in [7, 11) is 3.31. The third-order valence-electron chi connectivity index (χ3n) is 7.55. The summed E-state index contributed by atoms with van der Waals surface area (Å²) in [6.07, 6.45) is 6.19. The molecule has 2 heterocycles. The number of piperazine rings is 1. The van der Waals surface area contributed by atoms with Crippen LogP contribution >= 0.6 is 11.6 Å². The minimum atomic E-state index is -1.21. The van der Waals surface area contributed by atoms with Crippen molar-refractivity contribution in [2.24, 2.45) is 5.92 Å². The summed E-state index contributed by atoms with van der Waals surface area (Å²) in [4.78, 5) is 38.5. The lowest BCUT2D eigenvalue weighted by Gasteiger charge is -2.35. The van der Waals surface area contributed by atoms with Crippen molar-refractivity contribution in [2.45, 2.75) is 25.4 Å². The zero-order valence-electron chi connectivity index (χ0n) is 22.5. The van der Waals surface area contributed by atoms with Crippen LogP contribution in [0.25, 0.3) is 16.5 Å². The lowest BCUT2D eigenvalue weighted by Crippen LogP contribution is -2.48. The molecule has 1 saturated heterocycles. The number of nitrogens with one attached hydrogen (secondary N) is 1. The van der Waals surface area contributed by atoms with Gasteiger partial charge in [0.25, 0.3) is 0 Å². The highest BCUT2D eigenvalue weighted by atomic mass is 35.5. The number of anilines is 2. The van der Waals surface area contributed by atoms with Crippen molar-refractivity contribution in [2.75, 3.05) is 57.0 Å². The minimum Gasteiger partial charge on any atom is -0.385 e. The van der Waals surface area contributed by atoms with E-state index in [0.717, 1.165) is 6.08 Å². The van der Waals surface area contributed by atoms with Crippen LogP contribution in [0.1, 0.15) is 25.3 Å². The Labute approximate surface area is 235 Å². The summed E-state index contributed by atoms with van der Waals surface area (Å²) in [5.74, 6) is -1.72. The van der Waals surface area contributed by atoms with E-state index in [4.69, 9.17) is 11.6 Å². The molecule has 2 N–H and O–H groups in total. The molecule has 1 saturated carbocycles. The summed E-state index contributed by atoms with van der Waals surface area (Å²) in [5.41, 5.74) is -1.37. The van der Waals surface area contributed by atoms with Crippen LogP contribution in [0.2, 0.25) is 5.02 Å². The number of carbonyl (C=O) groups is 2. The van der Waals surface area contributed by atoms with Crippen molar-refractivity contribution in [1.82, 2.24) is 19.8 Å². The van der Waals surface area contributed by atoms with Crippen LogP contribution < -0.4 is 10.2 Å². The van der Waals surface area contributed by atoms with Gasteiger partial charge in [0.1, 0.15) is 17.2 Å². The predicted molar refractivity (Wildman–Crippen MR) is 150 cm³/mol. The summed E-state index contributed by atoms with van der Waals surface area (Å²) in [5, 5.41) is 13.9. The molecule has 2 amide bonds. The second-order valence-electron chi connectivity index (χ2n) is 10.4. The Hall–Kier alpha value is -3.57. The number of hydrogen-bond acceptors (Lipinski definition) is 7. The molecular formula is C28H31ClF2N6O3. The summed E-state index contributed by atoms with van der Waals surface area (Å²) in [6.45, 7) is 3.75.